The lowest BCUT2D eigenvalue weighted by atomic mass is 9.80. The third kappa shape index (κ3) is 8.71. The van der Waals surface area contributed by atoms with E-state index in [-0.39, 0.29) is 29.5 Å². The first-order chi connectivity index (χ1) is 24.6. The molecular formula is C41H44N4O6. The number of esters is 2. The summed E-state index contributed by atoms with van der Waals surface area (Å²) in [6.07, 6.45) is 0.480. The van der Waals surface area contributed by atoms with Gasteiger partial charge in [-0.3, -0.25) is 15.0 Å². The lowest BCUT2D eigenvalue weighted by Gasteiger charge is -2.31. The van der Waals surface area contributed by atoms with Crippen molar-refractivity contribution in [3.8, 4) is 0 Å². The van der Waals surface area contributed by atoms with Gasteiger partial charge in [-0.2, -0.15) is 0 Å². The molecule has 10 nitrogen and oxygen atoms in total. The van der Waals surface area contributed by atoms with Crippen LogP contribution in [0.4, 0.5) is 11.4 Å². The Morgan fingerprint density at radius 2 is 1.39 bits per heavy atom. The predicted octanol–water partition coefficient (Wildman–Crippen LogP) is 6.95. The third-order valence-corrected chi connectivity index (χ3v) is 9.26. The third-order valence-electron chi connectivity index (χ3n) is 9.26. The molecule has 0 saturated heterocycles. The average Bonchev–Trinajstić information content (AvgIpc) is 3.14. The van der Waals surface area contributed by atoms with Crippen LogP contribution in [0, 0.1) is 10.1 Å². The summed E-state index contributed by atoms with van der Waals surface area (Å²) in [6, 6.07) is 35.3. The SMILES string of the molecule is COC(=O)C1=C(C)NC(C)=C(C(=O)OCCc2ccc(N(C)CCN(C)C(c3ccccc3)c3ccccc3)cc2)C1c1cccc([N+](=O)[O-])c1. The largest absolute Gasteiger partial charge is 0.466 e. The number of allylic oxidation sites excluding steroid dienone is 2. The zero-order valence-electron chi connectivity index (χ0n) is 29.7. The molecule has 1 atom stereocenters. The molecule has 51 heavy (non-hydrogen) atoms. The van der Waals surface area contributed by atoms with Gasteiger partial charge in [0.15, 0.2) is 0 Å². The van der Waals surface area contributed by atoms with Gasteiger partial charge in [0.05, 0.1) is 41.7 Å². The molecule has 0 aromatic heterocycles. The first kappa shape index (κ1) is 36.5. The summed E-state index contributed by atoms with van der Waals surface area (Å²) in [5, 5.41) is 14.6. The number of likely N-dealkylation sites (N-methyl/N-ethyl adjacent to an activating group) is 2. The molecular weight excluding hydrogens is 644 g/mol. The summed E-state index contributed by atoms with van der Waals surface area (Å²) >= 11 is 0. The molecule has 1 heterocycles. The Hall–Kier alpha value is -5.74. The second-order valence-corrected chi connectivity index (χ2v) is 12.7. The summed E-state index contributed by atoms with van der Waals surface area (Å²) in [5.41, 5.74) is 6.23. The number of carbonyl (C=O) groups excluding carboxylic acids is 2. The van der Waals surface area contributed by atoms with Crippen molar-refractivity contribution < 1.29 is 24.0 Å². The number of nitrogens with zero attached hydrogens (tertiary/aromatic N) is 3. The zero-order chi connectivity index (χ0) is 36.5. The average molecular weight is 689 g/mol. The monoisotopic (exact) mass is 688 g/mol. The van der Waals surface area contributed by atoms with E-state index in [1.165, 1.54) is 36.4 Å². The van der Waals surface area contributed by atoms with Crippen LogP contribution in [0.2, 0.25) is 0 Å². The van der Waals surface area contributed by atoms with Crippen LogP contribution in [0.3, 0.4) is 0 Å². The highest BCUT2D eigenvalue weighted by Gasteiger charge is 2.38. The highest BCUT2D eigenvalue weighted by atomic mass is 16.6. The van der Waals surface area contributed by atoms with Gasteiger partial charge < -0.3 is 19.7 Å². The maximum atomic E-state index is 13.6. The quantitative estimate of drug-likeness (QED) is 0.0855. The number of anilines is 1. The number of dihydropyridines is 1. The van der Waals surface area contributed by atoms with E-state index in [4.69, 9.17) is 9.47 Å². The van der Waals surface area contributed by atoms with Gasteiger partial charge >= 0.3 is 11.9 Å². The lowest BCUT2D eigenvalue weighted by molar-refractivity contribution is -0.384. The van der Waals surface area contributed by atoms with Crippen LogP contribution in [0.1, 0.15) is 48.1 Å². The minimum Gasteiger partial charge on any atom is -0.466 e. The van der Waals surface area contributed by atoms with E-state index in [0.717, 1.165) is 24.3 Å². The van der Waals surface area contributed by atoms with Crippen molar-refractivity contribution in [1.29, 1.82) is 0 Å². The number of hydrogen-bond donors (Lipinski definition) is 1. The Bertz CT molecular complexity index is 1870. The van der Waals surface area contributed by atoms with Crippen molar-refractivity contribution in [2.45, 2.75) is 32.2 Å². The molecule has 0 amide bonds. The molecule has 0 bridgehead atoms. The maximum absolute atomic E-state index is 13.6. The molecule has 0 fully saturated rings. The number of carbonyl (C=O) groups is 2. The van der Waals surface area contributed by atoms with E-state index in [0.29, 0.717) is 23.4 Å². The van der Waals surface area contributed by atoms with Gasteiger partial charge in [-0.15, -0.1) is 0 Å². The number of nitrogens with one attached hydrogen (secondary N) is 1. The highest BCUT2D eigenvalue weighted by Crippen LogP contribution is 2.40. The normalized spacial score (nSPS) is 14.4. The van der Waals surface area contributed by atoms with Crippen molar-refractivity contribution in [2.24, 2.45) is 0 Å². The fraction of sp³-hybridized carbons (Fsp3) is 0.268. The molecule has 0 radical (unpaired) electrons. The highest BCUT2D eigenvalue weighted by molar-refractivity contribution is 5.99. The number of ether oxygens (including phenoxy) is 2. The second kappa shape index (κ2) is 16.8. The van der Waals surface area contributed by atoms with Gasteiger partial charge in [-0.1, -0.05) is 84.9 Å². The lowest BCUT2D eigenvalue weighted by Crippen LogP contribution is -2.34. The van der Waals surface area contributed by atoms with E-state index in [1.807, 2.05) is 24.3 Å². The number of nitro groups is 1. The molecule has 10 heteroatoms. The standard InChI is InChI=1S/C41H44N4O6/c1-28-36(40(46)50-5)38(33-17-12-18-35(27-33)45(48)49)37(29(2)42-28)41(47)51-26-23-30-19-21-34(22-20-30)43(3)24-25-44(4)39(31-13-8-6-9-14-31)32-15-10-7-11-16-32/h6-22,27,38-39,42H,23-26H2,1-5H3. The number of rotatable bonds is 14. The molecule has 4 aromatic carbocycles. The maximum Gasteiger partial charge on any atom is 0.336 e. The molecule has 0 spiro atoms. The summed E-state index contributed by atoms with van der Waals surface area (Å²) in [7, 11) is 5.49. The molecule has 264 valence electrons. The Kier molecular flexibility index (Phi) is 12.0. The van der Waals surface area contributed by atoms with Crippen molar-refractivity contribution >= 4 is 23.3 Å². The van der Waals surface area contributed by atoms with Crippen molar-refractivity contribution in [2.75, 3.05) is 45.8 Å². The Morgan fingerprint density at radius 3 is 1.96 bits per heavy atom. The summed E-state index contributed by atoms with van der Waals surface area (Å²) in [4.78, 5) is 42.2. The van der Waals surface area contributed by atoms with Crippen LogP contribution in [0.15, 0.2) is 132 Å². The Balaban J connectivity index is 1.22. The summed E-state index contributed by atoms with van der Waals surface area (Å²) in [5.74, 6) is -2.16. The minimum atomic E-state index is -0.907. The van der Waals surface area contributed by atoms with E-state index in [1.54, 1.807) is 19.9 Å². The topological polar surface area (TPSA) is 114 Å². The molecule has 1 N–H and O–H groups in total. The van der Waals surface area contributed by atoms with Gasteiger partial charge in [-0.25, -0.2) is 9.59 Å². The molecule has 4 aromatic rings. The molecule has 0 saturated carbocycles. The van der Waals surface area contributed by atoms with E-state index < -0.39 is 22.8 Å². The van der Waals surface area contributed by atoms with Crippen LogP contribution in [0.5, 0.6) is 0 Å². The summed E-state index contributed by atoms with van der Waals surface area (Å²) in [6.45, 7) is 5.19. The van der Waals surface area contributed by atoms with Crippen molar-refractivity contribution in [3.63, 3.8) is 0 Å². The summed E-state index contributed by atoms with van der Waals surface area (Å²) < 4.78 is 10.8. The van der Waals surface area contributed by atoms with Crippen LogP contribution < -0.4 is 10.2 Å². The van der Waals surface area contributed by atoms with Gasteiger partial charge in [-0.05, 0) is 55.3 Å². The number of non-ortho nitro benzene ring substituents is 1. The smallest absolute Gasteiger partial charge is 0.336 e. The van der Waals surface area contributed by atoms with Crippen LogP contribution in [-0.4, -0.2) is 62.7 Å². The van der Waals surface area contributed by atoms with Crippen LogP contribution >= 0.6 is 0 Å². The molecule has 0 aliphatic carbocycles. The minimum absolute atomic E-state index is 0.105. The zero-order valence-corrected chi connectivity index (χ0v) is 29.7. The molecule has 1 unspecified atom stereocenters. The van der Waals surface area contributed by atoms with Crippen molar-refractivity contribution in [3.05, 3.63) is 164 Å². The number of methoxy groups -OCH3 is 1. The van der Waals surface area contributed by atoms with Gasteiger partial charge in [0.25, 0.3) is 5.69 Å². The van der Waals surface area contributed by atoms with Gasteiger partial charge in [0, 0.05) is 55.8 Å². The van der Waals surface area contributed by atoms with Crippen LogP contribution in [0.25, 0.3) is 0 Å². The first-order valence-electron chi connectivity index (χ1n) is 16.9. The second-order valence-electron chi connectivity index (χ2n) is 12.7. The molecule has 1 aliphatic heterocycles. The Labute approximate surface area is 299 Å². The Morgan fingerprint density at radius 1 is 0.804 bits per heavy atom. The fourth-order valence-corrected chi connectivity index (χ4v) is 6.59. The van der Waals surface area contributed by atoms with Gasteiger partial charge in [0.1, 0.15) is 0 Å². The van der Waals surface area contributed by atoms with Crippen molar-refractivity contribution in [1.82, 2.24) is 10.2 Å². The van der Waals surface area contributed by atoms with E-state index in [2.05, 4.69) is 89.9 Å². The van der Waals surface area contributed by atoms with Gasteiger partial charge in [0.2, 0.25) is 0 Å². The predicted molar refractivity (Wildman–Crippen MR) is 198 cm³/mol. The van der Waals surface area contributed by atoms with Crippen LogP contribution in [-0.2, 0) is 25.5 Å². The molecule has 1 aliphatic rings. The fourth-order valence-electron chi connectivity index (χ4n) is 6.59. The number of benzene rings is 4. The van der Waals surface area contributed by atoms with E-state index in [9.17, 15) is 19.7 Å². The first-order valence-corrected chi connectivity index (χ1v) is 16.9. The van der Waals surface area contributed by atoms with E-state index >= 15 is 0 Å². The number of nitro benzene ring substituents is 1. The molecule has 5 rings (SSSR count). The number of hydrogen-bond acceptors (Lipinski definition) is 9.